The summed E-state index contributed by atoms with van der Waals surface area (Å²) in [5.74, 6) is 0.966. The van der Waals surface area contributed by atoms with Gasteiger partial charge >= 0.3 is 0 Å². The van der Waals surface area contributed by atoms with E-state index >= 15 is 0 Å². The molecule has 2 unspecified atom stereocenters. The Morgan fingerprint density at radius 3 is 2.93 bits per heavy atom. The number of hydrogen-bond donors (Lipinski definition) is 1. The van der Waals surface area contributed by atoms with E-state index in [0.717, 1.165) is 19.6 Å². The number of hydrogen-bond acceptors (Lipinski definition) is 4. The van der Waals surface area contributed by atoms with Crippen LogP contribution in [0.2, 0.25) is 0 Å². The van der Waals surface area contributed by atoms with Crippen LogP contribution in [0.5, 0.6) is 0 Å². The number of rotatable bonds is 3. The van der Waals surface area contributed by atoms with Gasteiger partial charge in [0.05, 0.1) is 0 Å². The molecule has 0 bridgehead atoms. The predicted octanol–water partition coefficient (Wildman–Crippen LogP) is 0.937. The van der Waals surface area contributed by atoms with Gasteiger partial charge in [0.1, 0.15) is 6.10 Å². The molecule has 4 heteroatoms. The van der Waals surface area contributed by atoms with Crippen LogP contribution in [0.15, 0.2) is 18.5 Å². The summed E-state index contributed by atoms with van der Waals surface area (Å²) in [6, 6.07) is 1.74. The van der Waals surface area contributed by atoms with Gasteiger partial charge in [-0.1, -0.05) is 0 Å². The summed E-state index contributed by atoms with van der Waals surface area (Å²) in [4.78, 5) is 8.04. The molecule has 2 atom stereocenters. The van der Waals surface area contributed by atoms with Crippen LogP contribution < -0.4 is 0 Å². The molecule has 1 saturated heterocycles. The maximum atomic E-state index is 9.80. The highest BCUT2D eigenvalue weighted by atomic mass is 16.5. The Bertz CT molecular complexity index is 273. The van der Waals surface area contributed by atoms with E-state index in [-0.39, 0.29) is 0 Å². The number of aromatic nitrogens is 2. The SMILES string of the molecule is OC(CC1CCOC1)c1ncccn1. The van der Waals surface area contributed by atoms with Crippen LogP contribution >= 0.6 is 0 Å². The number of nitrogens with zero attached hydrogens (tertiary/aromatic N) is 2. The van der Waals surface area contributed by atoms with Gasteiger partial charge in [0.15, 0.2) is 5.82 Å². The van der Waals surface area contributed by atoms with E-state index < -0.39 is 6.10 Å². The van der Waals surface area contributed by atoms with Crippen molar-refractivity contribution in [3.05, 3.63) is 24.3 Å². The Balaban J connectivity index is 1.92. The summed E-state index contributed by atoms with van der Waals surface area (Å²) in [6.07, 6.45) is 4.48. The third-order valence-corrected chi connectivity index (χ3v) is 2.46. The molecule has 0 amide bonds. The minimum absolute atomic E-state index is 0.453. The Kier molecular flexibility index (Phi) is 3.06. The maximum Gasteiger partial charge on any atom is 0.156 e. The minimum atomic E-state index is -0.553. The lowest BCUT2D eigenvalue weighted by molar-refractivity contribution is 0.123. The van der Waals surface area contributed by atoms with Gasteiger partial charge in [-0.05, 0) is 24.8 Å². The molecule has 0 saturated carbocycles. The fourth-order valence-corrected chi connectivity index (χ4v) is 1.67. The molecule has 0 aliphatic carbocycles. The van der Waals surface area contributed by atoms with Crippen molar-refractivity contribution in [1.29, 1.82) is 0 Å². The lowest BCUT2D eigenvalue weighted by Gasteiger charge is -2.12. The van der Waals surface area contributed by atoms with Gasteiger partial charge in [0, 0.05) is 25.6 Å². The lowest BCUT2D eigenvalue weighted by atomic mass is 10.0. The zero-order valence-electron chi connectivity index (χ0n) is 7.97. The van der Waals surface area contributed by atoms with Crippen molar-refractivity contribution in [3.8, 4) is 0 Å². The number of aliphatic hydroxyl groups is 1. The Labute approximate surface area is 83.0 Å². The third-order valence-electron chi connectivity index (χ3n) is 2.46. The highest BCUT2D eigenvalue weighted by Crippen LogP contribution is 2.24. The summed E-state index contributed by atoms with van der Waals surface area (Å²) < 4.78 is 5.24. The fraction of sp³-hybridized carbons (Fsp3) is 0.600. The van der Waals surface area contributed by atoms with Crippen molar-refractivity contribution < 1.29 is 9.84 Å². The predicted molar refractivity (Wildman–Crippen MR) is 50.5 cm³/mol. The molecular weight excluding hydrogens is 180 g/mol. The largest absolute Gasteiger partial charge is 0.385 e. The molecule has 1 fully saturated rings. The Morgan fingerprint density at radius 1 is 1.50 bits per heavy atom. The molecule has 1 aliphatic heterocycles. The first kappa shape index (κ1) is 9.55. The van der Waals surface area contributed by atoms with E-state index in [0.29, 0.717) is 18.2 Å². The molecular formula is C10H14N2O2. The van der Waals surface area contributed by atoms with Crippen molar-refractivity contribution >= 4 is 0 Å². The van der Waals surface area contributed by atoms with Gasteiger partial charge < -0.3 is 9.84 Å². The first-order valence-corrected chi connectivity index (χ1v) is 4.89. The first-order valence-electron chi connectivity index (χ1n) is 4.89. The van der Waals surface area contributed by atoms with Gasteiger partial charge in [-0.3, -0.25) is 0 Å². The molecule has 1 aromatic heterocycles. The van der Waals surface area contributed by atoms with Gasteiger partial charge in [-0.2, -0.15) is 0 Å². The van der Waals surface area contributed by atoms with Crippen LogP contribution in [0, 0.1) is 5.92 Å². The summed E-state index contributed by atoms with van der Waals surface area (Å²) in [5, 5.41) is 9.80. The molecule has 76 valence electrons. The van der Waals surface area contributed by atoms with E-state index in [1.54, 1.807) is 18.5 Å². The van der Waals surface area contributed by atoms with Crippen LogP contribution in [0.25, 0.3) is 0 Å². The fourth-order valence-electron chi connectivity index (χ4n) is 1.67. The second-order valence-corrected chi connectivity index (χ2v) is 3.59. The molecule has 0 aromatic carbocycles. The van der Waals surface area contributed by atoms with Crippen LogP contribution in [-0.4, -0.2) is 28.3 Å². The highest BCUT2D eigenvalue weighted by molar-refractivity contribution is 4.93. The summed E-state index contributed by atoms with van der Waals surface area (Å²) in [7, 11) is 0. The first-order chi connectivity index (χ1) is 6.86. The van der Waals surface area contributed by atoms with E-state index in [9.17, 15) is 5.11 Å². The molecule has 14 heavy (non-hydrogen) atoms. The van der Waals surface area contributed by atoms with Crippen molar-refractivity contribution in [2.75, 3.05) is 13.2 Å². The zero-order chi connectivity index (χ0) is 9.80. The molecule has 0 radical (unpaired) electrons. The maximum absolute atomic E-state index is 9.80. The second kappa shape index (κ2) is 4.48. The quantitative estimate of drug-likeness (QED) is 0.778. The summed E-state index contributed by atoms with van der Waals surface area (Å²) >= 11 is 0. The second-order valence-electron chi connectivity index (χ2n) is 3.59. The Morgan fingerprint density at radius 2 is 2.29 bits per heavy atom. The Hall–Kier alpha value is -1.00. The van der Waals surface area contributed by atoms with Crippen LogP contribution in [0.3, 0.4) is 0 Å². The van der Waals surface area contributed by atoms with Gasteiger partial charge in [-0.25, -0.2) is 9.97 Å². The average molecular weight is 194 g/mol. The van der Waals surface area contributed by atoms with Crippen LogP contribution in [0.4, 0.5) is 0 Å². The highest BCUT2D eigenvalue weighted by Gasteiger charge is 2.21. The average Bonchev–Trinajstić information content (AvgIpc) is 2.72. The van der Waals surface area contributed by atoms with Crippen molar-refractivity contribution in [3.63, 3.8) is 0 Å². The molecule has 4 nitrogen and oxygen atoms in total. The summed E-state index contributed by atoms with van der Waals surface area (Å²) in [6.45, 7) is 1.57. The monoisotopic (exact) mass is 194 g/mol. The molecule has 0 spiro atoms. The molecule has 1 aromatic rings. The van der Waals surface area contributed by atoms with Gasteiger partial charge in [0.2, 0.25) is 0 Å². The van der Waals surface area contributed by atoms with Gasteiger partial charge in [-0.15, -0.1) is 0 Å². The van der Waals surface area contributed by atoms with E-state index in [2.05, 4.69) is 9.97 Å². The topological polar surface area (TPSA) is 55.2 Å². The molecule has 1 N–H and O–H groups in total. The van der Waals surface area contributed by atoms with Crippen molar-refractivity contribution in [2.45, 2.75) is 18.9 Å². The smallest absolute Gasteiger partial charge is 0.156 e. The minimum Gasteiger partial charge on any atom is -0.385 e. The zero-order valence-corrected chi connectivity index (χ0v) is 7.97. The molecule has 2 heterocycles. The van der Waals surface area contributed by atoms with E-state index in [1.165, 1.54) is 0 Å². The van der Waals surface area contributed by atoms with E-state index in [4.69, 9.17) is 4.74 Å². The van der Waals surface area contributed by atoms with Gasteiger partial charge in [0.25, 0.3) is 0 Å². The molecule has 1 aliphatic rings. The number of aliphatic hydroxyl groups excluding tert-OH is 1. The normalized spacial score (nSPS) is 23.6. The van der Waals surface area contributed by atoms with Crippen molar-refractivity contribution in [1.82, 2.24) is 9.97 Å². The van der Waals surface area contributed by atoms with Crippen LogP contribution in [-0.2, 0) is 4.74 Å². The standard InChI is InChI=1S/C10H14N2O2/c13-9(6-8-2-5-14-7-8)10-11-3-1-4-12-10/h1,3-4,8-9,13H,2,5-7H2. The summed E-state index contributed by atoms with van der Waals surface area (Å²) in [5.41, 5.74) is 0. The third kappa shape index (κ3) is 2.27. The van der Waals surface area contributed by atoms with E-state index in [1.807, 2.05) is 0 Å². The lowest BCUT2D eigenvalue weighted by Crippen LogP contribution is -2.09. The van der Waals surface area contributed by atoms with Crippen LogP contribution in [0.1, 0.15) is 24.8 Å². The van der Waals surface area contributed by atoms with Crippen molar-refractivity contribution in [2.24, 2.45) is 5.92 Å². The molecule has 2 rings (SSSR count). The number of ether oxygens (including phenoxy) is 1.